The lowest BCUT2D eigenvalue weighted by molar-refractivity contribution is -0.133. The van der Waals surface area contributed by atoms with E-state index in [1.807, 2.05) is 38.1 Å². The molecule has 2 aromatic carbocycles. The van der Waals surface area contributed by atoms with Gasteiger partial charge >= 0.3 is 0 Å². The Kier molecular flexibility index (Phi) is 7.19. The number of carbonyl (C=O) groups is 3. The zero-order valence-electron chi connectivity index (χ0n) is 20.7. The Balaban J connectivity index is 1.54. The van der Waals surface area contributed by atoms with Crippen LogP contribution in [0.1, 0.15) is 57.9 Å². The Bertz CT molecular complexity index is 1290. The minimum Gasteiger partial charge on any atom is -0.350 e. The molecule has 36 heavy (non-hydrogen) atoms. The smallest absolute Gasteiger partial charge is 0.273 e. The number of hydrogen-bond donors (Lipinski definition) is 2. The van der Waals surface area contributed by atoms with Crippen molar-refractivity contribution in [3.05, 3.63) is 88.8 Å². The van der Waals surface area contributed by atoms with E-state index in [9.17, 15) is 18.8 Å². The van der Waals surface area contributed by atoms with Crippen LogP contribution in [0, 0.1) is 12.7 Å². The quantitative estimate of drug-likeness (QED) is 0.506. The van der Waals surface area contributed by atoms with Crippen LogP contribution in [0.4, 0.5) is 4.39 Å². The van der Waals surface area contributed by atoms with Crippen molar-refractivity contribution >= 4 is 17.7 Å². The maximum atomic E-state index is 13.9. The molecule has 1 atom stereocenters. The molecule has 3 amide bonds. The van der Waals surface area contributed by atoms with E-state index < -0.39 is 23.2 Å². The van der Waals surface area contributed by atoms with E-state index in [4.69, 9.17) is 0 Å². The number of benzene rings is 2. The highest BCUT2D eigenvalue weighted by Crippen LogP contribution is 2.29. The van der Waals surface area contributed by atoms with Gasteiger partial charge in [-0.05, 0) is 31.9 Å². The fraction of sp³-hybridized carbons (Fsp3) is 0.333. The summed E-state index contributed by atoms with van der Waals surface area (Å²) in [5, 5.41) is 5.60. The SMILES string of the molecule is CCCN1C(=O)c2c(C(=O)NCc3ccccc3F)ncn2CC1(C)C(=O)NCc1ccc(C)cc1. The molecule has 4 rings (SSSR count). The zero-order chi connectivity index (χ0) is 25.9. The predicted octanol–water partition coefficient (Wildman–Crippen LogP) is 3.20. The van der Waals surface area contributed by atoms with Crippen molar-refractivity contribution < 1.29 is 18.8 Å². The molecule has 8 nitrogen and oxygen atoms in total. The third-order valence-corrected chi connectivity index (χ3v) is 6.48. The van der Waals surface area contributed by atoms with Crippen LogP contribution >= 0.6 is 0 Å². The molecule has 0 radical (unpaired) electrons. The van der Waals surface area contributed by atoms with Gasteiger partial charge in [-0.1, -0.05) is 55.0 Å². The highest BCUT2D eigenvalue weighted by molar-refractivity contribution is 6.07. The van der Waals surface area contributed by atoms with Gasteiger partial charge in [0.15, 0.2) is 5.69 Å². The normalized spacial score (nSPS) is 17.0. The summed E-state index contributed by atoms with van der Waals surface area (Å²) < 4.78 is 15.5. The zero-order valence-corrected chi connectivity index (χ0v) is 20.7. The molecule has 3 aromatic rings. The summed E-state index contributed by atoms with van der Waals surface area (Å²) in [7, 11) is 0. The minimum absolute atomic E-state index is 0.0379. The van der Waals surface area contributed by atoms with Gasteiger partial charge in [0, 0.05) is 25.2 Å². The monoisotopic (exact) mass is 491 g/mol. The van der Waals surface area contributed by atoms with Crippen LogP contribution in [0.2, 0.25) is 0 Å². The molecule has 9 heteroatoms. The molecule has 0 aliphatic carbocycles. The molecule has 0 saturated carbocycles. The maximum absolute atomic E-state index is 13.9. The number of aryl methyl sites for hydroxylation is 1. The van der Waals surface area contributed by atoms with Crippen molar-refractivity contribution in [3.63, 3.8) is 0 Å². The van der Waals surface area contributed by atoms with Gasteiger partial charge in [-0.25, -0.2) is 9.37 Å². The first-order valence-electron chi connectivity index (χ1n) is 12.0. The van der Waals surface area contributed by atoms with Gasteiger partial charge in [-0.15, -0.1) is 0 Å². The van der Waals surface area contributed by atoms with Crippen LogP contribution in [0.3, 0.4) is 0 Å². The number of amides is 3. The van der Waals surface area contributed by atoms with E-state index in [0.29, 0.717) is 25.1 Å². The molecular weight excluding hydrogens is 461 g/mol. The van der Waals surface area contributed by atoms with Crippen molar-refractivity contribution in [2.45, 2.75) is 52.4 Å². The molecule has 0 bridgehead atoms. The number of nitrogens with zero attached hydrogens (tertiary/aromatic N) is 3. The van der Waals surface area contributed by atoms with Gasteiger partial charge < -0.3 is 20.1 Å². The molecular formula is C27H30FN5O3. The number of imidazole rings is 1. The summed E-state index contributed by atoms with van der Waals surface area (Å²) >= 11 is 0. The van der Waals surface area contributed by atoms with Crippen molar-refractivity contribution in [2.24, 2.45) is 0 Å². The predicted molar refractivity (Wildman–Crippen MR) is 133 cm³/mol. The summed E-state index contributed by atoms with van der Waals surface area (Å²) in [6.45, 7) is 6.44. The first-order chi connectivity index (χ1) is 17.2. The third-order valence-electron chi connectivity index (χ3n) is 6.48. The first-order valence-corrected chi connectivity index (χ1v) is 12.0. The van der Waals surface area contributed by atoms with Crippen molar-refractivity contribution in [3.8, 4) is 0 Å². The molecule has 2 heterocycles. The summed E-state index contributed by atoms with van der Waals surface area (Å²) in [4.78, 5) is 45.6. The van der Waals surface area contributed by atoms with E-state index in [-0.39, 0.29) is 30.4 Å². The van der Waals surface area contributed by atoms with Gasteiger partial charge in [0.05, 0.1) is 12.9 Å². The van der Waals surface area contributed by atoms with Gasteiger partial charge in [0.2, 0.25) is 5.91 Å². The molecule has 0 saturated heterocycles. The van der Waals surface area contributed by atoms with Crippen LogP contribution in [0.25, 0.3) is 0 Å². The Morgan fingerprint density at radius 2 is 1.81 bits per heavy atom. The first kappa shape index (κ1) is 25.1. The largest absolute Gasteiger partial charge is 0.350 e. The van der Waals surface area contributed by atoms with Gasteiger partial charge in [0.1, 0.15) is 17.1 Å². The second kappa shape index (κ2) is 10.3. The Labute approximate surface area is 209 Å². The Hall–Kier alpha value is -4.01. The van der Waals surface area contributed by atoms with Gasteiger partial charge in [0.25, 0.3) is 11.8 Å². The maximum Gasteiger partial charge on any atom is 0.273 e. The summed E-state index contributed by atoms with van der Waals surface area (Å²) in [5.74, 6) is -1.73. The molecule has 1 aliphatic rings. The Morgan fingerprint density at radius 1 is 1.08 bits per heavy atom. The third kappa shape index (κ3) is 4.86. The standard InChI is InChI=1S/C27H30FN5O3/c1-4-13-33-25(35)23-22(24(34)29-15-20-7-5-6-8-21(20)28)31-17-32(23)16-27(33,3)26(36)30-14-19-11-9-18(2)10-12-19/h5-12,17H,4,13-16H2,1-3H3,(H,29,34)(H,30,36). The lowest BCUT2D eigenvalue weighted by Crippen LogP contribution is -2.64. The van der Waals surface area contributed by atoms with E-state index in [2.05, 4.69) is 15.6 Å². The Morgan fingerprint density at radius 3 is 2.50 bits per heavy atom. The summed E-state index contributed by atoms with van der Waals surface area (Å²) in [6.07, 6.45) is 2.04. The number of carbonyl (C=O) groups excluding carboxylic acids is 3. The molecule has 1 aliphatic heterocycles. The lowest BCUT2D eigenvalue weighted by Gasteiger charge is -2.43. The molecule has 0 spiro atoms. The molecule has 2 N–H and O–H groups in total. The summed E-state index contributed by atoms with van der Waals surface area (Å²) in [5.41, 5.74) is 1.34. The van der Waals surface area contributed by atoms with E-state index in [0.717, 1.165) is 11.1 Å². The number of rotatable bonds is 8. The topological polar surface area (TPSA) is 96.3 Å². The molecule has 1 unspecified atom stereocenters. The van der Waals surface area contributed by atoms with Gasteiger partial charge in [-0.2, -0.15) is 0 Å². The van der Waals surface area contributed by atoms with Crippen molar-refractivity contribution in [1.82, 2.24) is 25.1 Å². The fourth-order valence-corrected chi connectivity index (χ4v) is 4.41. The number of nitrogens with one attached hydrogen (secondary N) is 2. The van der Waals surface area contributed by atoms with Crippen molar-refractivity contribution in [1.29, 1.82) is 0 Å². The lowest BCUT2D eigenvalue weighted by atomic mass is 9.93. The van der Waals surface area contributed by atoms with Crippen LogP contribution < -0.4 is 10.6 Å². The highest BCUT2D eigenvalue weighted by Gasteiger charge is 2.48. The fourth-order valence-electron chi connectivity index (χ4n) is 4.41. The summed E-state index contributed by atoms with van der Waals surface area (Å²) in [6, 6.07) is 14.0. The van der Waals surface area contributed by atoms with Crippen molar-refractivity contribution in [2.75, 3.05) is 6.54 Å². The van der Waals surface area contributed by atoms with Crippen LogP contribution in [-0.4, -0.2) is 44.3 Å². The average molecular weight is 492 g/mol. The second-order valence-electron chi connectivity index (χ2n) is 9.24. The molecule has 188 valence electrons. The number of hydrogen-bond acceptors (Lipinski definition) is 4. The van der Waals surface area contributed by atoms with Crippen LogP contribution in [0.15, 0.2) is 54.9 Å². The van der Waals surface area contributed by atoms with Crippen LogP contribution in [0.5, 0.6) is 0 Å². The number of aromatic nitrogens is 2. The molecule has 0 fully saturated rings. The average Bonchev–Trinajstić information content (AvgIpc) is 3.29. The van der Waals surface area contributed by atoms with Gasteiger partial charge in [-0.3, -0.25) is 14.4 Å². The number of halogens is 1. The highest BCUT2D eigenvalue weighted by atomic mass is 19.1. The number of fused-ring (bicyclic) bond motifs is 1. The van der Waals surface area contributed by atoms with Crippen LogP contribution in [-0.2, 0) is 24.4 Å². The minimum atomic E-state index is -1.16. The van der Waals surface area contributed by atoms with E-state index >= 15 is 0 Å². The van der Waals surface area contributed by atoms with E-state index in [1.54, 1.807) is 29.7 Å². The molecule has 1 aromatic heterocycles. The second-order valence-corrected chi connectivity index (χ2v) is 9.24. The van der Waals surface area contributed by atoms with E-state index in [1.165, 1.54) is 17.3 Å².